The zero-order chi connectivity index (χ0) is 23.0. The molecule has 0 aliphatic carbocycles. The Balaban J connectivity index is 1.83. The fraction of sp³-hybridized carbons (Fsp3) is 0.214. The van der Waals surface area contributed by atoms with Gasteiger partial charge in [0.2, 0.25) is 0 Å². The van der Waals surface area contributed by atoms with Gasteiger partial charge < -0.3 is 5.32 Å². The Hall–Kier alpha value is -3.66. The van der Waals surface area contributed by atoms with Crippen molar-refractivity contribution in [2.24, 2.45) is 0 Å². The lowest BCUT2D eigenvalue weighted by Gasteiger charge is -2.17. The van der Waals surface area contributed by atoms with E-state index in [1.54, 1.807) is 0 Å². The lowest BCUT2D eigenvalue weighted by molar-refractivity contribution is -0.120. The first kappa shape index (κ1) is 21.6. The molecule has 0 fully saturated rings. The fourth-order valence-corrected chi connectivity index (χ4v) is 4.09. The zero-order valence-electron chi connectivity index (χ0n) is 19.2. The summed E-state index contributed by atoms with van der Waals surface area (Å²) in [5.74, 6) is -0.649. The smallest absolute Gasteiger partial charge is 0.282 e. The minimum atomic E-state index is -0.340. The summed E-state index contributed by atoms with van der Waals surface area (Å²) < 4.78 is 0. The molecule has 2 amide bonds. The molecule has 4 heteroatoms. The van der Waals surface area contributed by atoms with Crippen LogP contribution >= 0.6 is 0 Å². The number of nitrogens with zero attached hydrogens (tertiary/aromatic N) is 1. The van der Waals surface area contributed by atoms with E-state index in [1.165, 1.54) is 10.5 Å². The van der Waals surface area contributed by atoms with Crippen molar-refractivity contribution in [3.8, 4) is 0 Å². The monoisotopic (exact) mass is 424 g/mol. The van der Waals surface area contributed by atoms with E-state index in [4.69, 9.17) is 0 Å². The predicted octanol–water partition coefficient (Wildman–Crippen LogP) is 5.88. The van der Waals surface area contributed by atoms with Crippen LogP contribution in [0.15, 0.2) is 66.4 Å². The number of aryl methyl sites for hydroxylation is 5. The number of imide groups is 1. The van der Waals surface area contributed by atoms with Crippen LogP contribution in [0.25, 0.3) is 5.57 Å². The Morgan fingerprint density at radius 3 is 2.00 bits per heavy atom. The highest BCUT2D eigenvalue weighted by Gasteiger charge is 2.40. The fourth-order valence-electron chi connectivity index (χ4n) is 4.09. The molecular weight excluding hydrogens is 396 g/mol. The summed E-state index contributed by atoms with van der Waals surface area (Å²) >= 11 is 0. The Bertz CT molecular complexity index is 1230. The molecule has 1 heterocycles. The van der Waals surface area contributed by atoms with Crippen molar-refractivity contribution in [3.05, 3.63) is 99.7 Å². The first-order valence-electron chi connectivity index (χ1n) is 10.9. The lowest BCUT2D eigenvalue weighted by atomic mass is 9.99. The second-order valence-corrected chi connectivity index (χ2v) is 8.52. The summed E-state index contributed by atoms with van der Waals surface area (Å²) in [6, 6.07) is 19.6. The molecular formula is C28H28N2O2. The van der Waals surface area contributed by atoms with Gasteiger partial charge >= 0.3 is 0 Å². The Morgan fingerprint density at radius 1 is 0.750 bits per heavy atom. The lowest BCUT2D eigenvalue weighted by Crippen LogP contribution is -2.32. The first-order valence-corrected chi connectivity index (χ1v) is 10.9. The molecule has 0 aromatic heterocycles. The third-order valence-electron chi connectivity index (χ3n) is 5.98. The van der Waals surface area contributed by atoms with Crippen LogP contribution in [0.3, 0.4) is 0 Å². The van der Waals surface area contributed by atoms with E-state index < -0.39 is 0 Å². The van der Waals surface area contributed by atoms with E-state index in [9.17, 15) is 9.59 Å². The number of nitrogens with one attached hydrogen (secondary N) is 1. The number of hydrogen-bond donors (Lipinski definition) is 1. The molecule has 0 saturated carbocycles. The highest BCUT2D eigenvalue weighted by molar-refractivity contribution is 6.46. The third kappa shape index (κ3) is 3.96. The van der Waals surface area contributed by atoms with Crippen molar-refractivity contribution in [3.63, 3.8) is 0 Å². The van der Waals surface area contributed by atoms with Gasteiger partial charge in [0.1, 0.15) is 5.70 Å². The summed E-state index contributed by atoms with van der Waals surface area (Å²) in [5, 5.41) is 3.25. The molecule has 3 aromatic rings. The van der Waals surface area contributed by atoms with Crippen molar-refractivity contribution >= 4 is 28.8 Å². The van der Waals surface area contributed by atoms with Crippen molar-refractivity contribution in [2.45, 2.75) is 41.0 Å². The Morgan fingerprint density at radius 2 is 1.41 bits per heavy atom. The van der Waals surface area contributed by atoms with Crippen LogP contribution in [-0.4, -0.2) is 11.8 Å². The molecule has 32 heavy (non-hydrogen) atoms. The molecule has 0 atom stereocenters. The number of anilines is 2. The summed E-state index contributed by atoms with van der Waals surface area (Å²) in [6.45, 7) is 10.1. The minimum Gasteiger partial charge on any atom is -0.350 e. The average molecular weight is 425 g/mol. The Labute approximate surface area is 189 Å². The molecule has 3 aromatic carbocycles. The second-order valence-electron chi connectivity index (χ2n) is 8.52. The topological polar surface area (TPSA) is 49.4 Å². The van der Waals surface area contributed by atoms with Gasteiger partial charge in [-0.1, -0.05) is 43.3 Å². The van der Waals surface area contributed by atoms with Gasteiger partial charge in [0.25, 0.3) is 11.8 Å². The van der Waals surface area contributed by atoms with Crippen LogP contribution in [0.1, 0.15) is 40.3 Å². The summed E-state index contributed by atoms with van der Waals surface area (Å²) in [4.78, 5) is 28.5. The van der Waals surface area contributed by atoms with Crippen molar-refractivity contribution in [1.82, 2.24) is 0 Å². The van der Waals surface area contributed by atoms with E-state index in [0.717, 1.165) is 39.9 Å². The number of rotatable bonds is 5. The van der Waals surface area contributed by atoms with E-state index >= 15 is 0 Å². The number of carbonyl (C=O) groups is 2. The van der Waals surface area contributed by atoms with Crippen LogP contribution in [0.2, 0.25) is 0 Å². The summed E-state index contributed by atoms with van der Waals surface area (Å²) in [5.41, 5.74) is 8.26. The van der Waals surface area contributed by atoms with Crippen LogP contribution < -0.4 is 10.2 Å². The van der Waals surface area contributed by atoms with Gasteiger partial charge in [-0.05, 0) is 91.8 Å². The van der Waals surface area contributed by atoms with E-state index in [2.05, 4.69) is 12.2 Å². The van der Waals surface area contributed by atoms with Crippen LogP contribution in [-0.2, 0) is 16.0 Å². The van der Waals surface area contributed by atoms with E-state index in [0.29, 0.717) is 17.0 Å². The zero-order valence-corrected chi connectivity index (χ0v) is 19.2. The molecule has 4 nitrogen and oxygen atoms in total. The van der Waals surface area contributed by atoms with Gasteiger partial charge in [-0.25, -0.2) is 4.90 Å². The summed E-state index contributed by atoms with van der Waals surface area (Å²) in [7, 11) is 0. The number of amides is 2. The maximum Gasteiger partial charge on any atom is 0.282 e. The standard InChI is InChI=1S/C28H28N2O2/c1-6-21-8-11-23(12-9-21)29-26-25(22-10-7-19(4)20(5)16-22)27(31)30(28(26)32)24-14-17(2)13-18(3)15-24/h7-16,29H,6H2,1-5H3. The maximum atomic E-state index is 13.6. The molecule has 0 spiro atoms. The van der Waals surface area contributed by atoms with Crippen molar-refractivity contribution in [2.75, 3.05) is 10.2 Å². The molecule has 0 radical (unpaired) electrons. The van der Waals surface area contributed by atoms with Gasteiger partial charge in [-0.15, -0.1) is 0 Å². The minimum absolute atomic E-state index is 0.307. The maximum absolute atomic E-state index is 13.6. The summed E-state index contributed by atoms with van der Waals surface area (Å²) in [6.07, 6.45) is 0.939. The average Bonchev–Trinajstić information content (AvgIpc) is 2.99. The van der Waals surface area contributed by atoms with Gasteiger partial charge in [0, 0.05) is 5.69 Å². The van der Waals surface area contributed by atoms with Crippen LogP contribution in [0.4, 0.5) is 11.4 Å². The number of carbonyl (C=O) groups excluding carboxylic acids is 2. The number of benzene rings is 3. The van der Waals surface area contributed by atoms with Crippen molar-refractivity contribution in [1.29, 1.82) is 0 Å². The largest absolute Gasteiger partial charge is 0.350 e. The quantitative estimate of drug-likeness (QED) is 0.521. The molecule has 162 valence electrons. The predicted molar refractivity (Wildman–Crippen MR) is 131 cm³/mol. The van der Waals surface area contributed by atoms with E-state index in [-0.39, 0.29) is 11.8 Å². The van der Waals surface area contributed by atoms with Crippen LogP contribution in [0.5, 0.6) is 0 Å². The molecule has 0 bridgehead atoms. The normalized spacial score (nSPS) is 13.8. The van der Waals surface area contributed by atoms with E-state index in [1.807, 2.05) is 88.4 Å². The third-order valence-corrected chi connectivity index (χ3v) is 5.98. The van der Waals surface area contributed by atoms with Crippen molar-refractivity contribution < 1.29 is 9.59 Å². The SMILES string of the molecule is CCc1ccc(NC2=C(c3ccc(C)c(C)c3)C(=O)N(c3cc(C)cc(C)c3)C2=O)cc1. The molecule has 0 saturated heterocycles. The highest BCUT2D eigenvalue weighted by atomic mass is 16.2. The molecule has 1 N–H and O–H groups in total. The highest BCUT2D eigenvalue weighted by Crippen LogP contribution is 2.35. The Kier molecular flexibility index (Phi) is 5.70. The molecule has 0 unspecified atom stereocenters. The van der Waals surface area contributed by atoms with Gasteiger partial charge in [0.05, 0.1) is 11.3 Å². The second kappa shape index (κ2) is 8.46. The van der Waals surface area contributed by atoms with Gasteiger partial charge in [-0.2, -0.15) is 0 Å². The molecule has 4 rings (SSSR count). The molecule has 1 aliphatic heterocycles. The van der Waals surface area contributed by atoms with Crippen LogP contribution in [0, 0.1) is 27.7 Å². The van der Waals surface area contributed by atoms with Gasteiger partial charge in [-0.3, -0.25) is 9.59 Å². The number of hydrogen-bond acceptors (Lipinski definition) is 3. The first-order chi connectivity index (χ1) is 15.3. The molecule has 1 aliphatic rings. The van der Waals surface area contributed by atoms with Gasteiger partial charge in [0.15, 0.2) is 0 Å².